The van der Waals surface area contributed by atoms with Gasteiger partial charge in [-0.05, 0) is 50.5 Å². The SMILES string of the molecule is CCOC(=O)C(C#N)=CC1=C(Cl)c2c(C)nn(-c3ccc(F)cc3F)c2CC1. The van der Waals surface area contributed by atoms with E-state index in [1.165, 1.54) is 16.8 Å². The van der Waals surface area contributed by atoms with Crippen LogP contribution >= 0.6 is 11.6 Å². The monoisotopic (exact) mass is 403 g/mol. The Kier molecular flexibility index (Phi) is 5.61. The molecule has 0 atom stereocenters. The van der Waals surface area contributed by atoms with E-state index in [0.717, 1.165) is 12.1 Å². The normalized spacial score (nSPS) is 13.9. The number of hydrogen-bond acceptors (Lipinski definition) is 4. The Bertz CT molecular complexity index is 1060. The Labute approximate surface area is 165 Å². The molecule has 0 radical (unpaired) electrons. The lowest BCUT2D eigenvalue weighted by Crippen LogP contribution is -2.10. The number of hydrogen-bond donors (Lipinski definition) is 0. The summed E-state index contributed by atoms with van der Waals surface area (Å²) >= 11 is 6.53. The molecular weight excluding hydrogens is 388 g/mol. The van der Waals surface area contributed by atoms with E-state index in [-0.39, 0.29) is 17.9 Å². The van der Waals surface area contributed by atoms with Gasteiger partial charge in [0.15, 0.2) is 5.82 Å². The van der Waals surface area contributed by atoms with Crippen LogP contribution in [0.2, 0.25) is 0 Å². The molecule has 28 heavy (non-hydrogen) atoms. The van der Waals surface area contributed by atoms with Crippen LogP contribution in [0.3, 0.4) is 0 Å². The number of nitrogens with zero attached hydrogens (tertiary/aromatic N) is 3. The molecule has 1 aliphatic carbocycles. The summed E-state index contributed by atoms with van der Waals surface area (Å²) in [6, 6.07) is 5.10. The number of rotatable bonds is 4. The van der Waals surface area contributed by atoms with Crippen molar-refractivity contribution in [2.45, 2.75) is 26.7 Å². The summed E-state index contributed by atoms with van der Waals surface area (Å²) in [5.41, 5.74) is 2.43. The molecule has 0 fully saturated rings. The topological polar surface area (TPSA) is 67.9 Å². The van der Waals surface area contributed by atoms with E-state index in [1.54, 1.807) is 13.8 Å². The Morgan fingerprint density at radius 1 is 1.43 bits per heavy atom. The lowest BCUT2D eigenvalue weighted by Gasteiger charge is -2.17. The second-order valence-corrected chi connectivity index (χ2v) is 6.52. The van der Waals surface area contributed by atoms with Crippen molar-refractivity contribution < 1.29 is 18.3 Å². The highest BCUT2D eigenvalue weighted by Crippen LogP contribution is 2.38. The highest BCUT2D eigenvalue weighted by Gasteiger charge is 2.26. The van der Waals surface area contributed by atoms with Crippen LogP contribution in [-0.4, -0.2) is 22.4 Å². The summed E-state index contributed by atoms with van der Waals surface area (Å²) in [4.78, 5) is 11.9. The smallest absolute Gasteiger partial charge is 0.348 e. The average molecular weight is 404 g/mol. The van der Waals surface area contributed by atoms with Crippen molar-refractivity contribution >= 4 is 22.6 Å². The molecule has 0 unspecified atom stereocenters. The van der Waals surface area contributed by atoms with Gasteiger partial charge in [-0.1, -0.05) is 11.6 Å². The van der Waals surface area contributed by atoms with Gasteiger partial charge in [0.2, 0.25) is 0 Å². The van der Waals surface area contributed by atoms with Crippen molar-refractivity contribution in [3.05, 3.63) is 64.0 Å². The summed E-state index contributed by atoms with van der Waals surface area (Å²) in [5, 5.41) is 13.9. The molecule has 1 aromatic carbocycles. The number of ether oxygens (including phenoxy) is 1. The van der Waals surface area contributed by atoms with Crippen molar-refractivity contribution in [1.29, 1.82) is 5.26 Å². The first kappa shape index (κ1) is 19.8. The minimum atomic E-state index is -0.731. The Morgan fingerprint density at radius 3 is 2.82 bits per heavy atom. The average Bonchev–Trinajstić information content (AvgIpc) is 2.98. The number of carbonyl (C=O) groups excluding carboxylic acids is 1. The summed E-state index contributed by atoms with van der Waals surface area (Å²) in [7, 11) is 0. The third-order valence-corrected chi connectivity index (χ3v) is 4.79. The van der Waals surface area contributed by atoms with E-state index in [0.29, 0.717) is 40.4 Å². The number of fused-ring (bicyclic) bond motifs is 1. The molecule has 0 aliphatic heterocycles. The number of aromatic nitrogens is 2. The number of carbonyl (C=O) groups is 1. The van der Waals surface area contributed by atoms with E-state index in [9.17, 15) is 18.8 Å². The van der Waals surface area contributed by atoms with Crippen molar-refractivity contribution in [2.75, 3.05) is 6.61 Å². The van der Waals surface area contributed by atoms with Gasteiger partial charge in [-0.3, -0.25) is 0 Å². The summed E-state index contributed by atoms with van der Waals surface area (Å²) in [5.74, 6) is -2.12. The van der Waals surface area contributed by atoms with Gasteiger partial charge >= 0.3 is 5.97 Å². The van der Waals surface area contributed by atoms with Crippen molar-refractivity contribution in [3.63, 3.8) is 0 Å². The molecule has 0 spiro atoms. The number of aryl methyl sites for hydroxylation is 1. The van der Waals surface area contributed by atoms with Crippen molar-refractivity contribution in [2.24, 2.45) is 0 Å². The molecule has 0 amide bonds. The maximum absolute atomic E-state index is 14.2. The number of allylic oxidation sites excluding steroid dienone is 2. The largest absolute Gasteiger partial charge is 0.462 e. The standard InChI is InChI=1S/C20H16ClF2N3O2/c1-3-28-20(27)13(10-24)8-12-4-6-17-18(19(12)21)11(2)25-26(17)16-7-5-14(22)9-15(16)23/h5,7-9H,3-4,6H2,1-2H3. The fourth-order valence-corrected chi connectivity index (χ4v) is 3.52. The molecular formula is C20H16ClF2N3O2. The van der Waals surface area contributed by atoms with Gasteiger partial charge in [0.1, 0.15) is 23.1 Å². The first-order valence-electron chi connectivity index (χ1n) is 8.59. The highest BCUT2D eigenvalue weighted by molar-refractivity contribution is 6.50. The maximum atomic E-state index is 14.2. The molecule has 1 heterocycles. The van der Waals surface area contributed by atoms with Gasteiger partial charge in [0.05, 0.1) is 23.0 Å². The third kappa shape index (κ3) is 3.56. The molecule has 5 nitrogen and oxygen atoms in total. The fraction of sp³-hybridized carbons (Fsp3) is 0.250. The van der Waals surface area contributed by atoms with E-state index in [1.807, 2.05) is 6.07 Å². The number of esters is 1. The summed E-state index contributed by atoms with van der Waals surface area (Å²) < 4.78 is 33.7. The summed E-state index contributed by atoms with van der Waals surface area (Å²) in [6.07, 6.45) is 2.29. The first-order chi connectivity index (χ1) is 13.4. The van der Waals surface area contributed by atoms with Crippen molar-refractivity contribution in [3.8, 4) is 11.8 Å². The lowest BCUT2D eigenvalue weighted by atomic mass is 9.94. The van der Waals surface area contributed by atoms with Crippen LogP contribution in [0.15, 0.2) is 35.4 Å². The molecule has 0 saturated carbocycles. The quantitative estimate of drug-likeness (QED) is 0.432. The zero-order valence-corrected chi connectivity index (χ0v) is 16.0. The maximum Gasteiger partial charge on any atom is 0.348 e. The minimum Gasteiger partial charge on any atom is -0.462 e. The number of benzene rings is 1. The molecule has 8 heteroatoms. The van der Waals surface area contributed by atoms with E-state index in [2.05, 4.69) is 5.10 Å². The van der Waals surface area contributed by atoms with E-state index >= 15 is 0 Å². The second kappa shape index (κ2) is 7.95. The van der Waals surface area contributed by atoms with Crippen LogP contribution in [0.5, 0.6) is 0 Å². The highest BCUT2D eigenvalue weighted by atomic mass is 35.5. The molecule has 0 saturated heterocycles. The van der Waals surface area contributed by atoms with Crippen LogP contribution in [0.4, 0.5) is 8.78 Å². The number of nitriles is 1. The zero-order valence-electron chi connectivity index (χ0n) is 15.2. The van der Waals surface area contributed by atoms with Crippen molar-refractivity contribution in [1.82, 2.24) is 9.78 Å². The van der Waals surface area contributed by atoms with Crippen LogP contribution in [-0.2, 0) is 16.0 Å². The van der Waals surface area contributed by atoms with E-state index in [4.69, 9.17) is 16.3 Å². The minimum absolute atomic E-state index is 0.124. The Morgan fingerprint density at radius 2 is 2.18 bits per heavy atom. The van der Waals surface area contributed by atoms with E-state index < -0.39 is 17.6 Å². The van der Waals surface area contributed by atoms with Gasteiger partial charge in [-0.25, -0.2) is 18.3 Å². The molecule has 144 valence electrons. The van der Waals surface area contributed by atoms with Gasteiger partial charge in [-0.2, -0.15) is 10.4 Å². The molecule has 2 aromatic rings. The van der Waals surface area contributed by atoms with Gasteiger partial charge < -0.3 is 4.74 Å². The second-order valence-electron chi connectivity index (χ2n) is 6.14. The molecule has 0 bridgehead atoms. The predicted molar refractivity (Wildman–Crippen MR) is 99.6 cm³/mol. The van der Waals surface area contributed by atoms with Gasteiger partial charge in [-0.15, -0.1) is 0 Å². The molecule has 3 rings (SSSR count). The molecule has 1 aliphatic rings. The zero-order chi connectivity index (χ0) is 20.4. The van der Waals surface area contributed by atoms with Gasteiger partial charge in [0.25, 0.3) is 0 Å². The predicted octanol–water partition coefficient (Wildman–Crippen LogP) is 4.37. The summed E-state index contributed by atoms with van der Waals surface area (Å²) in [6.45, 7) is 3.53. The Balaban J connectivity index is 2.09. The van der Waals surface area contributed by atoms with Crippen LogP contribution in [0.25, 0.3) is 10.7 Å². The Hall–Kier alpha value is -2.98. The molecule has 0 N–H and O–H groups in total. The third-order valence-electron chi connectivity index (χ3n) is 4.36. The van der Waals surface area contributed by atoms with Gasteiger partial charge in [0, 0.05) is 11.6 Å². The first-order valence-corrected chi connectivity index (χ1v) is 8.97. The number of halogens is 3. The fourth-order valence-electron chi connectivity index (χ4n) is 3.12. The molecule has 1 aromatic heterocycles. The van der Waals surface area contributed by atoms with Crippen LogP contribution in [0, 0.1) is 29.9 Å². The van der Waals surface area contributed by atoms with Crippen LogP contribution in [0.1, 0.15) is 30.3 Å². The lowest BCUT2D eigenvalue weighted by molar-refractivity contribution is -0.138. The van der Waals surface area contributed by atoms with Crippen LogP contribution < -0.4 is 0 Å².